The van der Waals surface area contributed by atoms with Gasteiger partial charge < -0.3 is 10.1 Å². The molecule has 2 heterocycles. The number of hydrogen-bond acceptors (Lipinski definition) is 3. The van der Waals surface area contributed by atoms with Crippen molar-refractivity contribution in [3.05, 3.63) is 15.9 Å². The van der Waals surface area contributed by atoms with Gasteiger partial charge >= 0.3 is 0 Å². The average molecular weight is 344 g/mol. The fourth-order valence-corrected chi connectivity index (χ4v) is 3.36. The van der Waals surface area contributed by atoms with E-state index in [1.165, 1.54) is 18.5 Å². The van der Waals surface area contributed by atoms with Gasteiger partial charge in [-0.15, -0.1) is 0 Å². The van der Waals surface area contributed by atoms with Crippen LogP contribution in [0.1, 0.15) is 44.0 Å². The Morgan fingerprint density at radius 3 is 2.85 bits per heavy atom. The molecule has 0 aromatic carbocycles. The van der Waals surface area contributed by atoms with Crippen LogP contribution in [-0.4, -0.2) is 35.1 Å². The first kappa shape index (κ1) is 16.0. The molecule has 0 bridgehead atoms. The molecule has 114 valence electrons. The second-order valence-electron chi connectivity index (χ2n) is 5.64. The molecule has 2 rings (SSSR count). The molecule has 0 aliphatic carbocycles. The molecule has 0 saturated carbocycles. The van der Waals surface area contributed by atoms with Crippen LogP contribution in [0.5, 0.6) is 0 Å². The van der Waals surface area contributed by atoms with Crippen molar-refractivity contribution < 1.29 is 4.74 Å². The Kier molecular flexibility index (Phi) is 6.05. The van der Waals surface area contributed by atoms with Gasteiger partial charge in [-0.3, -0.25) is 4.68 Å². The van der Waals surface area contributed by atoms with Gasteiger partial charge in [0.15, 0.2) is 0 Å². The Morgan fingerprint density at radius 2 is 2.30 bits per heavy atom. The first-order valence-corrected chi connectivity index (χ1v) is 8.45. The van der Waals surface area contributed by atoms with Crippen LogP contribution in [0.4, 0.5) is 0 Å². The molecule has 1 aromatic rings. The van der Waals surface area contributed by atoms with Crippen molar-refractivity contribution >= 4 is 15.9 Å². The maximum absolute atomic E-state index is 5.99. The van der Waals surface area contributed by atoms with Crippen molar-refractivity contribution in [2.75, 3.05) is 13.2 Å². The molecule has 0 radical (unpaired) electrons. The maximum Gasteiger partial charge on any atom is 0.0738 e. The fraction of sp³-hybridized carbons (Fsp3) is 0.800. The third-order valence-corrected chi connectivity index (χ3v) is 5.03. The van der Waals surface area contributed by atoms with E-state index < -0.39 is 0 Å². The lowest BCUT2D eigenvalue weighted by Gasteiger charge is -2.31. The highest BCUT2D eigenvalue weighted by atomic mass is 79.9. The van der Waals surface area contributed by atoms with Gasteiger partial charge in [-0.05, 0) is 55.1 Å². The van der Waals surface area contributed by atoms with E-state index in [4.69, 9.17) is 4.74 Å². The molecular formula is C15H26BrN3O. The SMILES string of the molecule is CCCNC(Cc1c(Br)c(C)nn1C)C1CCCCO1. The lowest BCUT2D eigenvalue weighted by Crippen LogP contribution is -2.45. The lowest BCUT2D eigenvalue weighted by atomic mass is 9.98. The number of aromatic nitrogens is 2. The molecule has 1 saturated heterocycles. The Balaban J connectivity index is 2.09. The highest BCUT2D eigenvalue weighted by molar-refractivity contribution is 9.10. The van der Waals surface area contributed by atoms with Crippen LogP contribution in [0.15, 0.2) is 4.47 Å². The van der Waals surface area contributed by atoms with E-state index in [9.17, 15) is 0 Å². The fourth-order valence-electron chi connectivity index (χ4n) is 2.86. The van der Waals surface area contributed by atoms with Gasteiger partial charge in [0.2, 0.25) is 0 Å². The van der Waals surface area contributed by atoms with Gasteiger partial charge in [-0.1, -0.05) is 6.92 Å². The number of ether oxygens (including phenoxy) is 1. The summed E-state index contributed by atoms with van der Waals surface area (Å²) in [6.07, 6.45) is 6.08. The summed E-state index contributed by atoms with van der Waals surface area (Å²) in [7, 11) is 2.02. The predicted molar refractivity (Wildman–Crippen MR) is 85.0 cm³/mol. The van der Waals surface area contributed by atoms with Crippen molar-refractivity contribution in [3.63, 3.8) is 0 Å². The second-order valence-corrected chi connectivity index (χ2v) is 6.43. The van der Waals surface area contributed by atoms with E-state index in [2.05, 4.69) is 33.3 Å². The highest BCUT2D eigenvalue weighted by Gasteiger charge is 2.26. The molecule has 1 N–H and O–H groups in total. The van der Waals surface area contributed by atoms with Gasteiger partial charge in [0.05, 0.1) is 22.0 Å². The number of rotatable bonds is 6. The molecule has 0 amide bonds. The molecular weight excluding hydrogens is 318 g/mol. The molecule has 2 unspecified atom stereocenters. The van der Waals surface area contributed by atoms with Gasteiger partial charge in [-0.2, -0.15) is 5.10 Å². The zero-order valence-corrected chi connectivity index (χ0v) is 14.4. The van der Waals surface area contributed by atoms with Crippen LogP contribution in [0, 0.1) is 6.92 Å². The molecule has 2 atom stereocenters. The second kappa shape index (κ2) is 7.57. The summed E-state index contributed by atoms with van der Waals surface area (Å²) in [6.45, 7) is 6.19. The zero-order chi connectivity index (χ0) is 14.5. The van der Waals surface area contributed by atoms with Crippen molar-refractivity contribution in [2.45, 2.75) is 58.1 Å². The first-order valence-electron chi connectivity index (χ1n) is 7.66. The quantitative estimate of drug-likeness (QED) is 0.862. The topological polar surface area (TPSA) is 39.1 Å². The molecule has 20 heavy (non-hydrogen) atoms. The summed E-state index contributed by atoms with van der Waals surface area (Å²) in [6, 6.07) is 0.376. The minimum atomic E-state index is 0.331. The minimum Gasteiger partial charge on any atom is -0.377 e. The Morgan fingerprint density at radius 1 is 1.50 bits per heavy atom. The van der Waals surface area contributed by atoms with E-state index in [0.29, 0.717) is 12.1 Å². The summed E-state index contributed by atoms with van der Waals surface area (Å²) < 4.78 is 9.12. The lowest BCUT2D eigenvalue weighted by molar-refractivity contribution is -0.00774. The summed E-state index contributed by atoms with van der Waals surface area (Å²) in [5, 5.41) is 8.15. The average Bonchev–Trinajstić information content (AvgIpc) is 2.70. The van der Waals surface area contributed by atoms with Gasteiger partial charge in [0, 0.05) is 26.1 Å². The number of hydrogen-bond donors (Lipinski definition) is 1. The third-order valence-electron chi connectivity index (χ3n) is 4.00. The van der Waals surface area contributed by atoms with Gasteiger partial charge in [-0.25, -0.2) is 0 Å². The van der Waals surface area contributed by atoms with E-state index in [-0.39, 0.29) is 0 Å². The van der Waals surface area contributed by atoms with E-state index in [1.54, 1.807) is 0 Å². The van der Waals surface area contributed by atoms with Crippen molar-refractivity contribution in [1.82, 2.24) is 15.1 Å². The summed E-state index contributed by atoms with van der Waals surface area (Å²) in [4.78, 5) is 0. The molecule has 1 aromatic heterocycles. The highest BCUT2D eigenvalue weighted by Crippen LogP contribution is 2.24. The number of nitrogens with zero attached hydrogens (tertiary/aromatic N) is 2. The van der Waals surface area contributed by atoms with E-state index in [1.807, 2.05) is 18.7 Å². The maximum atomic E-state index is 5.99. The number of nitrogens with one attached hydrogen (secondary N) is 1. The van der Waals surface area contributed by atoms with Crippen LogP contribution in [-0.2, 0) is 18.2 Å². The van der Waals surface area contributed by atoms with Crippen LogP contribution < -0.4 is 5.32 Å². The molecule has 1 aliphatic rings. The molecule has 4 nitrogen and oxygen atoms in total. The van der Waals surface area contributed by atoms with Crippen LogP contribution in [0.2, 0.25) is 0 Å². The molecule has 0 spiro atoms. The third kappa shape index (κ3) is 3.83. The Hall–Kier alpha value is -0.390. The standard InChI is InChI=1S/C15H26BrN3O/c1-4-8-17-12(14-7-5-6-9-20-14)10-13-15(16)11(2)18-19(13)3/h12,14,17H,4-10H2,1-3H3. The predicted octanol–water partition coefficient (Wildman–Crippen LogP) is 2.97. The molecule has 1 fully saturated rings. The van der Waals surface area contributed by atoms with Crippen LogP contribution in [0.25, 0.3) is 0 Å². The van der Waals surface area contributed by atoms with Crippen molar-refractivity contribution in [2.24, 2.45) is 7.05 Å². The normalized spacial score (nSPS) is 21.1. The number of halogens is 1. The number of aryl methyl sites for hydroxylation is 2. The van der Waals surface area contributed by atoms with Gasteiger partial charge in [0.1, 0.15) is 0 Å². The van der Waals surface area contributed by atoms with Crippen LogP contribution in [0.3, 0.4) is 0 Å². The molecule has 1 aliphatic heterocycles. The monoisotopic (exact) mass is 343 g/mol. The first-order chi connectivity index (χ1) is 9.63. The zero-order valence-electron chi connectivity index (χ0n) is 12.8. The summed E-state index contributed by atoms with van der Waals surface area (Å²) >= 11 is 3.67. The van der Waals surface area contributed by atoms with Gasteiger partial charge in [0.25, 0.3) is 0 Å². The van der Waals surface area contributed by atoms with Crippen molar-refractivity contribution in [3.8, 4) is 0 Å². The minimum absolute atomic E-state index is 0.331. The van der Waals surface area contributed by atoms with Crippen molar-refractivity contribution in [1.29, 1.82) is 0 Å². The Labute approximate surface area is 130 Å². The summed E-state index contributed by atoms with van der Waals surface area (Å²) in [5.74, 6) is 0. The van der Waals surface area contributed by atoms with Crippen LogP contribution >= 0.6 is 15.9 Å². The largest absolute Gasteiger partial charge is 0.377 e. The smallest absolute Gasteiger partial charge is 0.0738 e. The molecule has 5 heteroatoms. The van der Waals surface area contributed by atoms with E-state index >= 15 is 0 Å². The Bertz CT molecular complexity index is 427. The van der Waals surface area contributed by atoms with E-state index in [0.717, 1.165) is 42.6 Å². The summed E-state index contributed by atoms with van der Waals surface area (Å²) in [5.41, 5.74) is 2.31.